The van der Waals surface area contributed by atoms with Crippen LogP contribution in [0.1, 0.15) is 96.4 Å². The molecule has 4 aliphatic carbocycles. The Hall–Kier alpha value is -2.60. The van der Waals surface area contributed by atoms with Gasteiger partial charge in [0.05, 0.1) is 0 Å². The molecule has 0 unspecified atom stereocenters. The third kappa shape index (κ3) is 2.71. The average Bonchev–Trinajstić information content (AvgIpc) is 3.34. The lowest BCUT2D eigenvalue weighted by atomic mass is 9.36. The highest BCUT2D eigenvalue weighted by molar-refractivity contribution is 5.90. The molecule has 0 bridgehead atoms. The van der Waals surface area contributed by atoms with Gasteiger partial charge in [-0.1, -0.05) is 101 Å². The Kier molecular flexibility index (Phi) is 5.36. The largest absolute Gasteiger partial charge is 0.0955 e. The predicted octanol–water partition coefficient (Wildman–Crippen LogP) is 10.3. The first-order valence-electron chi connectivity index (χ1n) is 13.7. The number of benzene rings is 1. The van der Waals surface area contributed by atoms with Crippen molar-refractivity contribution < 1.29 is 0 Å². The second kappa shape index (κ2) is 7.70. The van der Waals surface area contributed by atoms with Crippen LogP contribution in [0.25, 0.3) is 11.1 Å². The van der Waals surface area contributed by atoms with E-state index in [0.29, 0.717) is 11.8 Å². The van der Waals surface area contributed by atoms with Gasteiger partial charge in [0, 0.05) is 10.8 Å². The highest BCUT2D eigenvalue weighted by atomic mass is 14.7. The normalized spacial score (nSPS) is 35.5. The molecule has 188 valence electrons. The van der Waals surface area contributed by atoms with Gasteiger partial charge in [-0.05, 0) is 108 Å². The quantitative estimate of drug-likeness (QED) is 0.398. The summed E-state index contributed by atoms with van der Waals surface area (Å²) in [6.45, 7) is 35.7. The van der Waals surface area contributed by atoms with Gasteiger partial charge >= 0.3 is 0 Å². The summed E-state index contributed by atoms with van der Waals surface area (Å²) in [6, 6.07) is 4.78. The summed E-state index contributed by atoms with van der Waals surface area (Å²) in [4.78, 5) is 0. The van der Waals surface area contributed by atoms with Crippen LogP contribution in [0.4, 0.5) is 0 Å². The van der Waals surface area contributed by atoms with E-state index >= 15 is 0 Å². The molecule has 0 nitrogen and oxygen atoms in total. The minimum atomic E-state index is -0.140. The summed E-state index contributed by atoms with van der Waals surface area (Å²) in [5.41, 5.74) is 16.3. The van der Waals surface area contributed by atoms with Crippen molar-refractivity contribution in [1.82, 2.24) is 0 Å². The van der Waals surface area contributed by atoms with Crippen molar-refractivity contribution in [2.45, 2.75) is 81.1 Å². The van der Waals surface area contributed by atoms with Gasteiger partial charge in [-0.25, -0.2) is 0 Å². The van der Waals surface area contributed by atoms with E-state index in [1.165, 1.54) is 61.3 Å². The molecule has 0 aromatic heterocycles. The topological polar surface area (TPSA) is 0 Å². The first kappa shape index (κ1) is 25.1. The molecule has 0 fully saturated rings. The first-order valence-corrected chi connectivity index (χ1v) is 13.7. The average molecular weight is 477 g/mol. The molecule has 1 aromatic carbocycles. The Morgan fingerprint density at radius 3 is 2.28 bits per heavy atom. The van der Waals surface area contributed by atoms with Gasteiger partial charge in [0.1, 0.15) is 0 Å². The van der Waals surface area contributed by atoms with Crippen LogP contribution in [-0.4, -0.2) is 0 Å². The molecule has 4 aliphatic rings. The molecule has 0 aliphatic heterocycles. The SMILES string of the molecule is C=C(C)C1=C(C)C[C@@]2(C)[C@H](C)[C@]3(C)C(=C(C)[C@@]2(C)C1=C)C(=C)c1c(ccc(C2=CC=CC2)c1C)[C@H]3C. The van der Waals surface area contributed by atoms with E-state index in [1.807, 2.05) is 0 Å². The van der Waals surface area contributed by atoms with Crippen LogP contribution in [0.15, 0.2) is 83.5 Å². The van der Waals surface area contributed by atoms with Crippen LogP contribution < -0.4 is 0 Å². The van der Waals surface area contributed by atoms with Crippen molar-refractivity contribution in [3.05, 3.63) is 106 Å². The molecule has 0 saturated carbocycles. The fraction of sp³-hybridized carbons (Fsp3) is 0.444. The fourth-order valence-corrected chi connectivity index (χ4v) is 9.14. The number of allylic oxidation sites excluding steroid dienone is 11. The Morgan fingerprint density at radius 1 is 1.03 bits per heavy atom. The smallest absolute Gasteiger partial charge is 0.0196 e. The van der Waals surface area contributed by atoms with Gasteiger partial charge in [-0.3, -0.25) is 0 Å². The summed E-state index contributed by atoms with van der Waals surface area (Å²) in [5, 5.41) is 0. The second-order valence-electron chi connectivity index (χ2n) is 12.9. The zero-order chi connectivity index (χ0) is 26.5. The summed E-state index contributed by atoms with van der Waals surface area (Å²) in [5.74, 6) is 0.858. The van der Waals surface area contributed by atoms with Crippen LogP contribution in [0, 0.1) is 29.1 Å². The van der Waals surface area contributed by atoms with Crippen LogP contribution in [0.5, 0.6) is 0 Å². The molecule has 0 radical (unpaired) electrons. The van der Waals surface area contributed by atoms with Crippen molar-refractivity contribution in [3.8, 4) is 0 Å². The fourth-order valence-electron chi connectivity index (χ4n) is 9.14. The van der Waals surface area contributed by atoms with E-state index in [9.17, 15) is 0 Å². The Morgan fingerprint density at radius 2 is 1.69 bits per heavy atom. The molecule has 0 amide bonds. The molecule has 0 N–H and O–H groups in total. The molecule has 1 aromatic rings. The summed E-state index contributed by atoms with van der Waals surface area (Å²) in [6.07, 6.45) is 8.81. The predicted molar refractivity (Wildman–Crippen MR) is 158 cm³/mol. The van der Waals surface area contributed by atoms with Gasteiger partial charge in [-0.15, -0.1) is 0 Å². The molecular weight excluding hydrogens is 432 g/mol. The standard InChI is InChI=1S/C36H44/c1-20(2)31-21(3)19-34(10)27(9)35(11)24(6)30-18-17-29(28-15-13-14-16-28)22(4)32(30)23(5)33(35)26(8)36(34,12)25(31)7/h13-15,17-18,24,27H,1,5,7,16,19H2,2-4,6,8-12H3/t24-,27+,34+,35-,36-/m1/s1. The molecule has 5 atom stereocenters. The van der Waals surface area contributed by atoms with Gasteiger partial charge in [0.2, 0.25) is 0 Å². The van der Waals surface area contributed by atoms with E-state index in [1.54, 1.807) is 0 Å². The van der Waals surface area contributed by atoms with E-state index in [4.69, 9.17) is 13.2 Å². The third-order valence-electron chi connectivity index (χ3n) is 11.6. The Bertz CT molecular complexity index is 1380. The first-order chi connectivity index (χ1) is 16.7. The van der Waals surface area contributed by atoms with Crippen LogP contribution >= 0.6 is 0 Å². The maximum atomic E-state index is 4.87. The second-order valence-corrected chi connectivity index (χ2v) is 12.9. The van der Waals surface area contributed by atoms with Crippen molar-refractivity contribution in [2.75, 3.05) is 0 Å². The third-order valence-corrected chi connectivity index (χ3v) is 11.6. The molecule has 0 heterocycles. The van der Waals surface area contributed by atoms with Gasteiger partial charge < -0.3 is 0 Å². The Balaban J connectivity index is 1.81. The number of hydrogen-bond donors (Lipinski definition) is 0. The highest BCUT2D eigenvalue weighted by Gasteiger charge is 2.64. The van der Waals surface area contributed by atoms with Crippen LogP contribution in [0.3, 0.4) is 0 Å². The molecule has 0 saturated heterocycles. The molecule has 36 heavy (non-hydrogen) atoms. The lowest BCUT2D eigenvalue weighted by molar-refractivity contribution is -0.0260. The van der Waals surface area contributed by atoms with Crippen molar-refractivity contribution in [3.63, 3.8) is 0 Å². The summed E-state index contributed by atoms with van der Waals surface area (Å²) < 4.78 is 0. The van der Waals surface area contributed by atoms with E-state index in [-0.39, 0.29) is 16.2 Å². The van der Waals surface area contributed by atoms with Crippen molar-refractivity contribution in [2.24, 2.45) is 22.2 Å². The monoisotopic (exact) mass is 476 g/mol. The zero-order valence-corrected chi connectivity index (χ0v) is 24.1. The summed E-state index contributed by atoms with van der Waals surface area (Å²) >= 11 is 0. The number of hydrogen-bond acceptors (Lipinski definition) is 0. The molecule has 5 rings (SSSR count). The van der Waals surface area contributed by atoms with Gasteiger partial charge in [0.25, 0.3) is 0 Å². The molecule has 0 spiro atoms. The van der Waals surface area contributed by atoms with Crippen LogP contribution in [0.2, 0.25) is 0 Å². The minimum absolute atomic E-state index is 0.00581. The van der Waals surface area contributed by atoms with Crippen molar-refractivity contribution in [1.29, 1.82) is 0 Å². The van der Waals surface area contributed by atoms with Gasteiger partial charge in [-0.2, -0.15) is 0 Å². The van der Waals surface area contributed by atoms with E-state index in [2.05, 4.69) is 99.3 Å². The van der Waals surface area contributed by atoms with Crippen LogP contribution in [-0.2, 0) is 0 Å². The lowest BCUT2D eigenvalue weighted by Crippen LogP contribution is -2.58. The number of fused-ring (bicyclic) bond motifs is 3. The molecular formula is C36H44. The zero-order valence-electron chi connectivity index (χ0n) is 24.1. The summed E-state index contributed by atoms with van der Waals surface area (Å²) in [7, 11) is 0. The minimum Gasteiger partial charge on any atom is -0.0955 e. The Labute approximate surface area is 220 Å². The maximum Gasteiger partial charge on any atom is 0.0196 e. The van der Waals surface area contributed by atoms with Gasteiger partial charge in [0.15, 0.2) is 0 Å². The van der Waals surface area contributed by atoms with E-state index in [0.717, 1.165) is 18.4 Å². The van der Waals surface area contributed by atoms with E-state index < -0.39 is 0 Å². The highest BCUT2D eigenvalue weighted by Crippen LogP contribution is 2.74. The molecule has 0 heteroatoms. The lowest BCUT2D eigenvalue weighted by Gasteiger charge is -2.67. The number of rotatable bonds is 2. The maximum absolute atomic E-state index is 4.87. The van der Waals surface area contributed by atoms with Crippen molar-refractivity contribution >= 4 is 11.1 Å².